The fourth-order valence-electron chi connectivity index (χ4n) is 1.60. The number of nitriles is 1. The van der Waals surface area contributed by atoms with Gasteiger partial charge >= 0.3 is 0 Å². The van der Waals surface area contributed by atoms with E-state index in [4.69, 9.17) is 5.26 Å². The second-order valence-corrected chi connectivity index (χ2v) is 2.97. The lowest BCUT2D eigenvalue weighted by Crippen LogP contribution is -2.16. The molecule has 1 N–H and O–H groups in total. The maximum Gasteiger partial charge on any atom is 0.0698 e. The summed E-state index contributed by atoms with van der Waals surface area (Å²) >= 11 is 0. The largest absolute Gasteiger partial charge is 0.392 e. The summed E-state index contributed by atoms with van der Waals surface area (Å²) in [5.74, 6) is 0.416. The van der Waals surface area contributed by atoms with Gasteiger partial charge in [-0.05, 0) is 18.8 Å². The third-order valence-electron chi connectivity index (χ3n) is 2.24. The van der Waals surface area contributed by atoms with Crippen molar-refractivity contribution < 1.29 is 5.11 Å². The molecule has 0 unspecified atom stereocenters. The average molecular weight is 139 g/mol. The average Bonchev–Trinajstić information content (AvgIpc) is 2.38. The Bertz CT molecular complexity index is 133. The van der Waals surface area contributed by atoms with Crippen LogP contribution in [-0.2, 0) is 0 Å². The lowest BCUT2D eigenvalue weighted by molar-refractivity contribution is 0.115. The Labute approximate surface area is 61.5 Å². The van der Waals surface area contributed by atoms with Gasteiger partial charge in [0, 0.05) is 0 Å². The van der Waals surface area contributed by atoms with Gasteiger partial charge in [-0.1, -0.05) is 12.8 Å². The molecule has 0 aromatic heterocycles. The van der Waals surface area contributed by atoms with Crippen LogP contribution in [0.4, 0.5) is 0 Å². The number of aliphatic hydroxyl groups is 1. The van der Waals surface area contributed by atoms with Gasteiger partial charge in [0.25, 0.3) is 0 Å². The van der Waals surface area contributed by atoms with E-state index in [0.29, 0.717) is 12.3 Å². The molecule has 1 aliphatic carbocycles. The Morgan fingerprint density at radius 3 is 2.60 bits per heavy atom. The van der Waals surface area contributed by atoms with E-state index in [0.717, 1.165) is 12.8 Å². The van der Waals surface area contributed by atoms with Crippen molar-refractivity contribution >= 4 is 0 Å². The molecule has 2 nitrogen and oxygen atoms in total. The molecular weight excluding hydrogens is 126 g/mol. The van der Waals surface area contributed by atoms with Crippen molar-refractivity contribution in [2.45, 2.75) is 38.2 Å². The van der Waals surface area contributed by atoms with Gasteiger partial charge in [0.1, 0.15) is 0 Å². The van der Waals surface area contributed by atoms with Crippen LogP contribution in [0.3, 0.4) is 0 Å². The number of aliphatic hydroxyl groups excluding tert-OH is 1. The fourth-order valence-corrected chi connectivity index (χ4v) is 1.60. The molecule has 1 rings (SSSR count). The van der Waals surface area contributed by atoms with E-state index in [2.05, 4.69) is 0 Å². The SMILES string of the molecule is N#CC[C@H](O)C1CCCC1. The van der Waals surface area contributed by atoms with Gasteiger partial charge < -0.3 is 5.11 Å². The summed E-state index contributed by atoms with van der Waals surface area (Å²) in [5.41, 5.74) is 0. The van der Waals surface area contributed by atoms with Gasteiger partial charge in [-0.2, -0.15) is 5.26 Å². The zero-order valence-electron chi connectivity index (χ0n) is 6.08. The van der Waals surface area contributed by atoms with Gasteiger partial charge in [0.05, 0.1) is 18.6 Å². The molecule has 2 heteroatoms. The minimum Gasteiger partial charge on any atom is -0.392 e. The Balaban J connectivity index is 2.26. The van der Waals surface area contributed by atoms with Gasteiger partial charge in [-0.25, -0.2) is 0 Å². The van der Waals surface area contributed by atoms with E-state index in [1.54, 1.807) is 0 Å². The van der Waals surface area contributed by atoms with Crippen LogP contribution in [0.15, 0.2) is 0 Å². The fraction of sp³-hybridized carbons (Fsp3) is 0.875. The third kappa shape index (κ3) is 1.71. The Kier molecular flexibility index (Phi) is 2.70. The number of nitrogens with zero attached hydrogens (tertiary/aromatic N) is 1. The summed E-state index contributed by atoms with van der Waals surface area (Å²) in [6.07, 6.45) is 4.64. The molecule has 0 spiro atoms. The standard InChI is InChI=1S/C8H13NO/c9-6-5-8(10)7-3-1-2-4-7/h7-8,10H,1-5H2/t8-/m0/s1. The summed E-state index contributed by atoms with van der Waals surface area (Å²) in [5, 5.41) is 17.6. The van der Waals surface area contributed by atoms with E-state index in [9.17, 15) is 5.11 Å². The molecule has 1 atom stereocenters. The van der Waals surface area contributed by atoms with Crippen molar-refractivity contribution in [3.8, 4) is 6.07 Å². The van der Waals surface area contributed by atoms with Gasteiger partial charge in [0.2, 0.25) is 0 Å². The second-order valence-electron chi connectivity index (χ2n) is 2.97. The molecule has 0 aliphatic heterocycles. The maximum absolute atomic E-state index is 9.33. The van der Waals surface area contributed by atoms with Gasteiger partial charge in [-0.3, -0.25) is 0 Å². The highest BCUT2D eigenvalue weighted by Gasteiger charge is 2.22. The van der Waals surface area contributed by atoms with E-state index in [-0.39, 0.29) is 6.10 Å². The quantitative estimate of drug-likeness (QED) is 0.629. The highest BCUT2D eigenvalue weighted by molar-refractivity contribution is 4.82. The topological polar surface area (TPSA) is 44.0 Å². The number of rotatable bonds is 2. The summed E-state index contributed by atoms with van der Waals surface area (Å²) in [7, 11) is 0. The lowest BCUT2D eigenvalue weighted by Gasteiger charge is -2.13. The molecule has 0 aromatic carbocycles. The van der Waals surface area contributed by atoms with Crippen molar-refractivity contribution in [2.24, 2.45) is 5.92 Å². The number of hydrogen-bond acceptors (Lipinski definition) is 2. The summed E-state index contributed by atoms with van der Waals surface area (Å²) in [6.45, 7) is 0. The highest BCUT2D eigenvalue weighted by Crippen LogP contribution is 2.28. The van der Waals surface area contributed by atoms with Crippen LogP contribution < -0.4 is 0 Å². The lowest BCUT2D eigenvalue weighted by atomic mass is 9.99. The third-order valence-corrected chi connectivity index (χ3v) is 2.24. The Morgan fingerprint density at radius 1 is 1.50 bits per heavy atom. The van der Waals surface area contributed by atoms with E-state index >= 15 is 0 Å². The summed E-state index contributed by atoms with van der Waals surface area (Å²) in [4.78, 5) is 0. The second kappa shape index (κ2) is 3.58. The molecule has 10 heavy (non-hydrogen) atoms. The zero-order chi connectivity index (χ0) is 7.40. The molecule has 0 bridgehead atoms. The molecule has 0 saturated heterocycles. The predicted molar refractivity (Wildman–Crippen MR) is 38.2 cm³/mol. The van der Waals surface area contributed by atoms with E-state index in [1.165, 1.54) is 12.8 Å². The molecule has 1 saturated carbocycles. The first-order valence-electron chi connectivity index (χ1n) is 3.89. The molecular formula is C8H13NO. The maximum atomic E-state index is 9.33. The first-order chi connectivity index (χ1) is 4.84. The van der Waals surface area contributed by atoms with Crippen LogP contribution in [0.1, 0.15) is 32.1 Å². The first kappa shape index (κ1) is 7.56. The van der Waals surface area contributed by atoms with Crippen molar-refractivity contribution in [3.05, 3.63) is 0 Å². The van der Waals surface area contributed by atoms with Crippen LogP contribution in [0.5, 0.6) is 0 Å². The smallest absolute Gasteiger partial charge is 0.0698 e. The minimum atomic E-state index is -0.354. The van der Waals surface area contributed by atoms with Crippen molar-refractivity contribution in [1.29, 1.82) is 5.26 Å². The van der Waals surface area contributed by atoms with E-state index in [1.807, 2.05) is 6.07 Å². The highest BCUT2D eigenvalue weighted by atomic mass is 16.3. The van der Waals surface area contributed by atoms with Crippen molar-refractivity contribution in [3.63, 3.8) is 0 Å². The predicted octanol–water partition coefficient (Wildman–Crippen LogP) is 1.45. The molecule has 1 fully saturated rings. The van der Waals surface area contributed by atoms with Crippen LogP contribution in [0.2, 0.25) is 0 Å². The van der Waals surface area contributed by atoms with Crippen LogP contribution in [0, 0.1) is 17.2 Å². The molecule has 0 aromatic rings. The first-order valence-corrected chi connectivity index (χ1v) is 3.89. The van der Waals surface area contributed by atoms with Gasteiger partial charge in [-0.15, -0.1) is 0 Å². The summed E-state index contributed by atoms with van der Waals surface area (Å²) < 4.78 is 0. The number of hydrogen-bond donors (Lipinski definition) is 1. The molecule has 0 amide bonds. The van der Waals surface area contributed by atoms with E-state index < -0.39 is 0 Å². The van der Waals surface area contributed by atoms with Crippen LogP contribution in [-0.4, -0.2) is 11.2 Å². The Hall–Kier alpha value is -0.550. The normalized spacial score (nSPS) is 22.4. The molecule has 0 radical (unpaired) electrons. The van der Waals surface area contributed by atoms with Gasteiger partial charge in [0.15, 0.2) is 0 Å². The molecule has 0 heterocycles. The van der Waals surface area contributed by atoms with Crippen LogP contribution >= 0.6 is 0 Å². The van der Waals surface area contributed by atoms with Crippen molar-refractivity contribution in [1.82, 2.24) is 0 Å². The van der Waals surface area contributed by atoms with Crippen molar-refractivity contribution in [2.75, 3.05) is 0 Å². The monoisotopic (exact) mass is 139 g/mol. The zero-order valence-corrected chi connectivity index (χ0v) is 6.08. The van der Waals surface area contributed by atoms with Crippen LogP contribution in [0.25, 0.3) is 0 Å². The summed E-state index contributed by atoms with van der Waals surface area (Å²) in [6, 6.07) is 1.99. The Morgan fingerprint density at radius 2 is 2.10 bits per heavy atom. The molecule has 56 valence electrons. The molecule has 1 aliphatic rings. The minimum absolute atomic E-state index is 0.310.